The van der Waals surface area contributed by atoms with Crippen LogP contribution < -0.4 is 10.1 Å². The first kappa shape index (κ1) is 20.9. The normalized spacial score (nSPS) is 14.2. The molecule has 1 fully saturated rings. The molecule has 1 aliphatic rings. The number of likely N-dealkylation sites (tertiary alicyclic amines) is 1. The highest BCUT2D eigenvalue weighted by atomic mass is 32.1. The van der Waals surface area contributed by atoms with Crippen molar-refractivity contribution in [1.29, 1.82) is 0 Å². The number of thiocarbonyl (C=S) groups is 1. The van der Waals surface area contributed by atoms with Gasteiger partial charge in [-0.1, -0.05) is 30.3 Å². The number of hydrogen-bond acceptors (Lipinski definition) is 5. The van der Waals surface area contributed by atoms with Crippen molar-refractivity contribution < 1.29 is 14.3 Å². The summed E-state index contributed by atoms with van der Waals surface area (Å²) in [6, 6.07) is 13.5. The van der Waals surface area contributed by atoms with Crippen molar-refractivity contribution in [3.8, 4) is 5.88 Å². The zero-order valence-electron chi connectivity index (χ0n) is 16.7. The molecule has 0 atom stereocenters. The van der Waals surface area contributed by atoms with Crippen LogP contribution in [-0.4, -0.2) is 59.3 Å². The quantitative estimate of drug-likeness (QED) is 0.751. The molecule has 2 aromatic rings. The lowest BCUT2D eigenvalue weighted by molar-refractivity contribution is 0.0424. The monoisotopic (exact) mass is 414 g/mol. The van der Waals surface area contributed by atoms with Gasteiger partial charge in [0.15, 0.2) is 5.11 Å². The molecule has 154 valence electrons. The third kappa shape index (κ3) is 6.05. The van der Waals surface area contributed by atoms with Gasteiger partial charge in [0.1, 0.15) is 6.10 Å². The fraction of sp³-hybridized carbons (Fsp3) is 0.381. The first-order valence-corrected chi connectivity index (χ1v) is 9.97. The third-order valence-corrected chi connectivity index (χ3v) is 5.13. The Morgan fingerprint density at radius 3 is 2.59 bits per heavy atom. The van der Waals surface area contributed by atoms with E-state index in [0.29, 0.717) is 17.5 Å². The number of ether oxygens (including phenoxy) is 2. The largest absolute Gasteiger partial charge is 0.481 e. The molecule has 3 rings (SSSR count). The highest BCUT2D eigenvalue weighted by molar-refractivity contribution is 7.80. The van der Waals surface area contributed by atoms with Crippen molar-refractivity contribution in [1.82, 2.24) is 14.8 Å². The highest BCUT2D eigenvalue weighted by Gasteiger charge is 2.25. The minimum absolute atomic E-state index is 0.0950. The first-order valence-electron chi connectivity index (χ1n) is 9.57. The average molecular weight is 415 g/mol. The number of amides is 1. The van der Waals surface area contributed by atoms with Crippen LogP contribution in [0, 0.1) is 0 Å². The van der Waals surface area contributed by atoms with Crippen LogP contribution in [0.5, 0.6) is 5.88 Å². The minimum atomic E-state index is -0.294. The molecule has 1 saturated heterocycles. The number of pyridine rings is 1. The zero-order chi connectivity index (χ0) is 20.6. The van der Waals surface area contributed by atoms with Crippen molar-refractivity contribution in [3.63, 3.8) is 0 Å². The summed E-state index contributed by atoms with van der Waals surface area (Å²) < 4.78 is 10.7. The Balaban J connectivity index is 1.42. The highest BCUT2D eigenvalue weighted by Crippen LogP contribution is 2.18. The van der Waals surface area contributed by atoms with Gasteiger partial charge in [0.25, 0.3) is 0 Å². The van der Waals surface area contributed by atoms with E-state index in [-0.39, 0.29) is 12.2 Å². The van der Waals surface area contributed by atoms with E-state index in [2.05, 4.69) is 15.2 Å². The average Bonchev–Trinajstić information content (AvgIpc) is 2.75. The molecule has 7 nitrogen and oxygen atoms in total. The van der Waals surface area contributed by atoms with Crippen LogP contribution in [0.15, 0.2) is 48.7 Å². The van der Waals surface area contributed by atoms with Gasteiger partial charge in [-0.2, -0.15) is 0 Å². The maximum atomic E-state index is 12.4. The Kier molecular flexibility index (Phi) is 7.24. The lowest BCUT2D eigenvalue weighted by Crippen LogP contribution is -2.44. The van der Waals surface area contributed by atoms with Crippen LogP contribution >= 0.6 is 12.2 Å². The molecule has 0 unspecified atom stereocenters. The van der Waals surface area contributed by atoms with E-state index in [9.17, 15) is 4.79 Å². The summed E-state index contributed by atoms with van der Waals surface area (Å²) in [5, 5.41) is 3.83. The van der Waals surface area contributed by atoms with Gasteiger partial charge in [0, 0.05) is 45.6 Å². The molecule has 1 aliphatic heterocycles. The SMILES string of the molecule is COc1ccc(NC(=S)N2CCC(OC(=O)N(C)Cc3ccccc3)CC2)cn1. The molecule has 1 amide bonds. The second-order valence-corrected chi connectivity index (χ2v) is 7.32. The fourth-order valence-corrected chi connectivity index (χ4v) is 3.41. The number of rotatable bonds is 5. The molecule has 8 heteroatoms. The number of anilines is 1. The number of piperidine rings is 1. The molecule has 0 radical (unpaired) electrons. The van der Waals surface area contributed by atoms with Crippen molar-refractivity contribution in [2.75, 3.05) is 32.6 Å². The molecule has 1 aromatic heterocycles. The van der Waals surface area contributed by atoms with Gasteiger partial charge in [0.2, 0.25) is 5.88 Å². The van der Waals surface area contributed by atoms with Crippen LogP contribution in [0.25, 0.3) is 0 Å². The fourth-order valence-electron chi connectivity index (χ4n) is 3.11. The topological polar surface area (TPSA) is 66.9 Å². The molecule has 2 heterocycles. The predicted octanol–water partition coefficient (Wildman–Crippen LogP) is 3.52. The zero-order valence-corrected chi connectivity index (χ0v) is 17.5. The minimum Gasteiger partial charge on any atom is -0.481 e. The lowest BCUT2D eigenvalue weighted by atomic mass is 10.1. The van der Waals surface area contributed by atoms with E-state index in [1.54, 1.807) is 31.3 Å². The molecule has 0 saturated carbocycles. The second kappa shape index (κ2) is 10.1. The standard InChI is InChI=1S/C21H26N4O3S/c1-24(15-16-6-4-3-5-7-16)21(26)28-18-10-12-25(13-11-18)20(29)23-17-8-9-19(27-2)22-14-17/h3-9,14,18H,10-13,15H2,1-2H3,(H,23,29). The summed E-state index contributed by atoms with van der Waals surface area (Å²) in [4.78, 5) is 20.2. The lowest BCUT2D eigenvalue weighted by Gasteiger charge is -2.34. The van der Waals surface area contributed by atoms with Crippen molar-refractivity contribution >= 4 is 29.1 Å². The Hall–Kier alpha value is -2.87. The smallest absolute Gasteiger partial charge is 0.410 e. The molecule has 0 bridgehead atoms. The number of methoxy groups -OCH3 is 1. The Morgan fingerprint density at radius 1 is 1.24 bits per heavy atom. The van der Waals surface area contributed by atoms with Gasteiger partial charge in [0.05, 0.1) is 19.0 Å². The van der Waals surface area contributed by atoms with Crippen LogP contribution in [0.4, 0.5) is 10.5 Å². The molecule has 29 heavy (non-hydrogen) atoms. The van der Waals surface area contributed by atoms with Crippen molar-refractivity contribution in [2.24, 2.45) is 0 Å². The van der Waals surface area contributed by atoms with Crippen molar-refractivity contribution in [3.05, 3.63) is 54.2 Å². The maximum absolute atomic E-state index is 12.4. The van der Waals surface area contributed by atoms with Gasteiger partial charge in [-0.25, -0.2) is 9.78 Å². The molecule has 1 N–H and O–H groups in total. The first-order chi connectivity index (χ1) is 14.0. The van der Waals surface area contributed by atoms with Gasteiger partial charge < -0.3 is 24.6 Å². The predicted molar refractivity (Wildman–Crippen MR) is 116 cm³/mol. The number of carbonyl (C=O) groups excluding carboxylic acids is 1. The maximum Gasteiger partial charge on any atom is 0.410 e. The van der Waals surface area contributed by atoms with E-state index in [1.807, 2.05) is 36.4 Å². The summed E-state index contributed by atoms with van der Waals surface area (Å²) in [7, 11) is 3.34. The van der Waals surface area contributed by atoms with E-state index in [4.69, 9.17) is 21.7 Å². The Bertz CT molecular complexity index is 808. The van der Waals surface area contributed by atoms with Crippen molar-refractivity contribution in [2.45, 2.75) is 25.5 Å². The molecule has 1 aromatic carbocycles. The number of aromatic nitrogens is 1. The van der Waals surface area contributed by atoms with Crippen LogP contribution in [0.2, 0.25) is 0 Å². The molecular formula is C21H26N4O3S. The number of carbonyl (C=O) groups is 1. The molecule has 0 spiro atoms. The third-order valence-electron chi connectivity index (χ3n) is 4.77. The summed E-state index contributed by atoms with van der Waals surface area (Å²) in [5.74, 6) is 0.557. The van der Waals surface area contributed by atoms with Crippen LogP contribution in [0.3, 0.4) is 0 Å². The van der Waals surface area contributed by atoms with E-state index in [1.165, 1.54) is 0 Å². The summed E-state index contributed by atoms with van der Waals surface area (Å²) in [6.07, 6.45) is 2.78. The Labute approximate surface area is 176 Å². The van der Waals surface area contributed by atoms with E-state index < -0.39 is 0 Å². The summed E-state index contributed by atoms with van der Waals surface area (Å²) >= 11 is 5.50. The summed E-state index contributed by atoms with van der Waals surface area (Å²) in [5.41, 5.74) is 1.89. The number of benzene rings is 1. The summed E-state index contributed by atoms with van der Waals surface area (Å²) in [6.45, 7) is 1.99. The number of nitrogens with zero attached hydrogens (tertiary/aromatic N) is 3. The Morgan fingerprint density at radius 2 is 1.97 bits per heavy atom. The molecule has 0 aliphatic carbocycles. The van der Waals surface area contributed by atoms with Crippen LogP contribution in [-0.2, 0) is 11.3 Å². The second-order valence-electron chi connectivity index (χ2n) is 6.93. The van der Waals surface area contributed by atoms with Gasteiger partial charge in [-0.3, -0.25) is 0 Å². The van der Waals surface area contributed by atoms with Gasteiger partial charge in [-0.05, 0) is 23.8 Å². The number of hydrogen-bond donors (Lipinski definition) is 1. The number of nitrogens with one attached hydrogen (secondary N) is 1. The van der Waals surface area contributed by atoms with Gasteiger partial charge in [-0.15, -0.1) is 0 Å². The van der Waals surface area contributed by atoms with Crippen LogP contribution in [0.1, 0.15) is 18.4 Å². The van der Waals surface area contributed by atoms with E-state index >= 15 is 0 Å². The van der Waals surface area contributed by atoms with Gasteiger partial charge >= 0.3 is 6.09 Å². The molecular weight excluding hydrogens is 388 g/mol. The van der Waals surface area contributed by atoms with E-state index in [0.717, 1.165) is 37.2 Å².